The van der Waals surface area contributed by atoms with Crippen LogP contribution in [-0.4, -0.2) is 14.5 Å². The van der Waals surface area contributed by atoms with Gasteiger partial charge in [-0.2, -0.15) is 0 Å². The van der Waals surface area contributed by atoms with Gasteiger partial charge in [-0.15, -0.1) is 0 Å². The molecule has 7 heteroatoms. The zero-order chi connectivity index (χ0) is 13.1. The summed E-state index contributed by atoms with van der Waals surface area (Å²) in [7, 11) is 0. The highest BCUT2D eigenvalue weighted by atomic mass is 19.1. The fourth-order valence-corrected chi connectivity index (χ4v) is 1.66. The lowest BCUT2D eigenvalue weighted by molar-refractivity contribution is 0.566. The summed E-state index contributed by atoms with van der Waals surface area (Å²) in [6.07, 6.45) is 4.67. The van der Waals surface area contributed by atoms with E-state index in [1.165, 1.54) is 4.57 Å². The highest BCUT2D eigenvalue weighted by Crippen LogP contribution is 2.19. The number of hydrogen-bond acceptors (Lipinski definition) is 4. The van der Waals surface area contributed by atoms with Gasteiger partial charge in [-0.05, 0) is 6.42 Å². The smallest absolute Gasteiger partial charge is 0.178 e. The molecule has 0 radical (unpaired) electrons. The van der Waals surface area contributed by atoms with Crippen molar-refractivity contribution in [2.24, 2.45) is 5.84 Å². The molecule has 0 atom stereocenters. The Kier molecular flexibility index (Phi) is 3.52. The summed E-state index contributed by atoms with van der Waals surface area (Å²) in [6, 6.07) is 0.743. The van der Waals surface area contributed by atoms with Crippen molar-refractivity contribution in [2.75, 3.05) is 5.43 Å². The minimum atomic E-state index is -0.837. The molecule has 2 rings (SSSR count). The van der Waals surface area contributed by atoms with Gasteiger partial charge >= 0.3 is 0 Å². The Morgan fingerprint density at radius 1 is 1.39 bits per heavy atom. The van der Waals surface area contributed by atoms with Gasteiger partial charge in [-0.3, -0.25) is 4.57 Å². The Morgan fingerprint density at radius 2 is 2.17 bits per heavy atom. The molecule has 0 spiro atoms. The molecule has 0 aromatic carbocycles. The van der Waals surface area contributed by atoms with Crippen LogP contribution >= 0.6 is 0 Å². The molecular formula is C11H13F2N5. The van der Waals surface area contributed by atoms with Crippen molar-refractivity contribution in [3.05, 3.63) is 35.9 Å². The third-order valence-electron chi connectivity index (χ3n) is 2.47. The van der Waals surface area contributed by atoms with Crippen LogP contribution in [0.1, 0.15) is 19.2 Å². The molecular weight excluding hydrogens is 240 g/mol. The first kappa shape index (κ1) is 12.4. The Hall–Kier alpha value is -2.02. The number of imidazole rings is 1. The first-order chi connectivity index (χ1) is 8.67. The van der Waals surface area contributed by atoms with E-state index in [1.54, 1.807) is 12.4 Å². The topological polar surface area (TPSA) is 68.8 Å². The molecule has 2 aromatic rings. The van der Waals surface area contributed by atoms with E-state index in [0.717, 1.165) is 12.5 Å². The van der Waals surface area contributed by atoms with Crippen LogP contribution in [0.25, 0.3) is 5.82 Å². The first-order valence-corrected chi connectivity index (χ1v) is 5.52. The van der Waals surface area contributed by atoms with Gasteiger partial charge in [0.25, 0.3) is 0 Å². The second-order valence-electron chi connectivity index (χ2n) is 3.73. The molecule has 2 heterocycles. The number of aryl methyl sites for hydroxylation is 1. The minimum Gasteiger partial charge on any atom is -0.306 e. The molecule has 0 aliphatic heterocycles. The summed E-state index contributed by atoms with van der Waals surface area (Å²) in [5.41, 5.74) is 2.09. The summed E-state index contributed by atoms with van der Waals surface area (Å²) in [5, 5.41) is 0. The molecule has 96 valence electrons. The molecule has 0 saturated heterocycles. The molecule has 5 nitrogen and oxygen atoms in total. The van der Waals surface area contributed by atoms with Crippen LogP contribution in [-0.2, 0) is 6.42 Å². The van der Waals surface area contributed by atoms with Crippen molar-refractivity contribution in [3.63, 3.8) is 0 Å². The molecule has 0 aliphatic carbocycles. The number of nitrogens with zero attached hydrogens (tertiary/aromatic N) is 3. The quantitative estimate of drug-likeness (QED) is 0.643. The Morgan fingerprint density at radius 3 is 2.83 bits per heavy atom. The number of pyridine rings is 1. The van der Waals surface area contributed by atoms with E-state index in [2.05, 4.69) is 15.4 Å². The largest absolute Gasteiger partial charge is 0.306 e. The molecule has 0 amide bonds. The second kappa shape index (κ2) is 5.09. The Labute approximate surface area is 103 Å². The summed E-state index contributed by atoms with van der Waals surface area (Å²) in [6.45, 7) is 1.99. The van der Waals surface area contributed by atoms with Crippen LogP contribution in [0, 0.1) is 11.6 Å². The Bertz CT molecular complexity index is 552. The highest BCUT2D eigenvalue weighted by Gasteiger charge is 2.15. The van der Waals surface area contributed by atoms with Gasteiger partial charge in [0.15, 0.2) is 23.3 Å². The number of hydrazine groups is 1. The molecule has 2 aromatic heterocycles. The number of nitrogens with two attached hydrogens (primary N) is 1. The van der Waals surface area contributed by atoms with Gasteiger partial charge in [0, 0.05) is 24.9 Å². The van der Waals surface area contributed by atoms with Gasteiger partial charge in [0.05, 0.1) is 0 Å². The lowest BCUT2D eigenvalue weighted by atomic mass is 10.3. The summed E-state index contributed by atoms with van der Waals surface area (Å²) < 4.78 is 28.5. The van der Waals surface area contributed by atoms with Crippen molar-refractivity contribution in [1.82, 2.24) is 14.5 Å². The van der Waals surface area contributed by atoms with Crippen molar-refractivity contribution in [2.45, 2.75) is 19.8 Å². The van der Waals surface area contributed by atoms with Gasteiger partial charge < -0.3 is 5.43 Å². The van der Waals surface area contributed by atoms with Crippen LogP contribution in [0.15, 0.2) is 18.5 Å². The molecule has 3 N–H and O–H groups in total. The van der Waals surface area contributed by atoms with Crippen LogP contribution in [0.3, 0.4) is 0 Å². The van der Waals surface area contributed by atoms with Crippen LogP contribution in [0.4, 0.5) is 14.6 Å². The fraction of sp³-hybridized carbons (Fsp3) is 0.273. The third kappa shape index (κ3) is 2.17. The maximum Gasteiger partial charge on any atom is 0.178 e. The van der Waals surface area contributed by atoms with Gasteiger partial charge in [-0.25, -0.2) is 24.6 Å². The maximum atomic E-state index is 13.7. The van der Waals surface area contributed by atoms with Gasteiger partial charge in [0.1, 0.15) is 5.82 Å². The number of nitrogens with one attached hydrogen (secondary N) is 1. The molecule has 18 heavy (non-hydrogen) atoms. The maximum absolute atomic E-state index is 13.7. The van der Waals surface area contributed by atoms with Crippen LogP contribution in [0.2, 0.25) is 0 Å². The zero-order valence-electron chi connectivity index (χ0n) is 9.82. The average Bonchev–Trinajstić information content (AvgIpc) is 2.78. The predicted octanol–water partition coefficient (Wildman–Crippen LogP) is 1.78. The number of rotatable bonds is 4. The van der Waals surface area contributed by atoms with Crippen molar-refractivity contribution in [3.8, 4) is 5.82 Å². The van der Waals surface area contributed by atoms with E-state index in [4.69, 9.17) is 5.84 Å². The van der Waals surface area contributed by atoms with Gasteiger partial charge in [-0.1, -0.05) is 6.92 Å². The van der Waals surface area contributed by atoms with Crippen LogP contribution in [0.5, 0.6) is 0 Å². The predicted molar refractivity (Wildman–Crippen MR) is 63.1 cm³/mol. The Balaban J connectivity index is 2.52. The fourth-order valence-electron chi connectivity index (χ4n) is 1.66. The molecule has 0 unspecified atom stereocenters. The number of nitrogen functional groups attached to an aromatic ring is 1. The van der Waals surface area contributed by atoms with Crippen molar-refractivity contribution in [1.29, 1.82) is 0 Å². The number of aromatic nitrogens is 3. The normalized spacial score (nSPS) is 10.7. The van der Waals surface area contributed by atoms with Crippen molar-refractivity contribution < 1.29 is 8.78 Å². The number of anilines is 1. The van der Waals surface area contributed by atoms with E-state index in [9.17, 15) is 8.78 Å². The zero-order valence-corrected chi connectivity index (χ0v) is 9.82. The molecule has 0 saturated carbocycles. The van der Waals surface area contributed by atoms with Crippen LogP contribution < -0.4 is 11.3 Å². The molecule has 0 fully saturated rings. The molecule has 0 aliphatic rings. The summed E-state index contributed by atoms with van der Waals surface area (Å²) in [5.74, 6) is 3.96. The van der Waals surface area contributed by atoms with Gasteiger partial charge in [0.2, 0.25) is 0 Å². The number of hydrogen-bond donors (Lipinski definition) is 2. The third-order valence-corrected chi connectivity index (χ3v) is 2.47. The average molecular weight is 253 g/mol. The van der Waals surface area contributed by atoms with E-state index < -0.39 is 11.6 Å². The first-order valence-electron chi connectivity index (χ1n) is 5.52. The monoisotopic (exact) mass is 253 g/mol. The number of halogens is 2. The van der Waals surface area contributed by atoms with E-state index in [-0.39, 0.29) is 11.6 Å². The molecule has 0 bridgehead atoms. The standard InChI is InChI=1S/C11H13F2N5/c1-2-3-9-15-4-5-18(9)11-8(13)6-7(12)10(16-11)17-14/h4-6H,2-3,14H2,1H3,(H,16,17). The summed E-state index contributed by atoms with van der Waals surface area (Å²) in [4.78, 5) is 7.92. The van der Waals surface area contributed by atoms with E-state index in [1.807, 2.05) is 6.92 Å². The second-order valence-corrected chi connectivity index (χ2v) is 3.73. The minimum absolute atomic E-state index is 0.0229. The summed E-state index contributed by atoms with van der Waals surface area (Å²) >= 11 is 0. The lowest BCUT2D eigenvalue weighted by Crippen LogP contribution is -2.14. The van der Waals surface area contributed by atoms with E-state index in [0.29, 0.717) is 12.2 Å². The SMILES string of the molecule is CCCc1nccn1-c1nc(NN)c(F)cc1F. The lowest BCUT2D eigenvalue weighted by Gasteiger charge is -2.09. The van der Waals surface area contributed by atoms with E-state index >= 15 is 0 Å². The van der Waals surface area contributed by atoms with Crippen molar-refractivity contribution >= 4 is 5.82 Å². The highest BCUT2D eigenvalue weighted by molar-refractivity contribution is 5.41.